The highest BCUT2D eigenvalue weighted by atomic mass is 35.5. The molecule has 1 heterocycles. The molecule has 1 aromatic carbocycles. The van der Waals surface area contributed by atoms with Crippen LogP contribution in [0.25, 0.3) is 0 Å². The molecule has 0 radical (unpaired) electrons. The lowest BCUT2D eigenvalue weighted by Gasteiger charge is -2.21. The summed E-state index contributed by atoms with van der Waals surface area (Å²) < 4.78 is 12.8. The second-order valence-electron chi connectivity index (χ2n) is 3.25. The van der Waals surface area contributed by atoms with Gasteiger partial charge in [-0.2, -0.15) is 0 Å². The summed E-state index contributed by atoms with van der Waals surface area (Å²) >= 11 is 5.86. The van der Waals surface area contributed by atoms with Gasteiger partial charge in [-0.15, -0.1) is 0 Å². The Bertz CT molecular complexity index is 401. The first-order valence-corrected chi connectivity index (χ1v) is 4.81. The lowest BCUT2D eigenvalue weighted by Crippen LogP contribution is -2.40. The normalized spacial score (nSPS) is 15.6. The van der Waals surface area contributed by atoms with Gasteiger partial charge in [0.25, 0.3) is 0 Å². The SMILES string of the molecule is Fc1ccc(Cl)c(C#CC2CNC2)c1. The van der Waals surface area contributed by atoms with E-state index >= 15 is 0 Å². The van der Waals surface area contributed by atoms with Crippen LogP contribution in [0.2, 0.25) is 5.02 Å². The summed E-state index contributed by atoms with van der Waals surface area (Å²) in [5.41, 5.74) is 0.568. The van der Waals surface area contributed by atoms with Crippen molar-refractivity contribution in [2.45, 2.75) is 0 Å². The standard InChI is InChI=1S/C11H9ClFN/c12-11-4-3-10(13)5-9(11)2-1-8-6-14-7-8/h3-5,8,14H,6-7H2. The molecule has 0 unspecified atom stereocenters. The number of halogens is 2. The van der Waals surface area contributed by atoms with Gasteiger partial charge in [0.15, 0.2) is 0 Å². The highest BCUT2D eigenvalue weighted by molar-refractivity contribution is 6.31. The number of hydrogen-bond acceptors (Lipinski definition) is 1. The number of nitrogens with one attached hydrogen (secondary N) is 1. The maximum atomic E-state index is 12.8. The zero-order valence-electron chi connectivity index (χ0n) is 7.48. The van der Waals surface area contributed by atoms with E-state index in [-0.39, 0.29) is 5.82 Å². The smallest absolute Gasteiger partial charge is 0.124 e. The molecule has 3 heteroatoms. The molecule has 14 heavy (non-hydrogen) atoms. The molecule has 2 rings (SSSR count). The highest BCUT2D eigenvalue weighted by Gasteiger charge is 2.12. The fraction of sp³-hybridized carbons (Fsp3) is 0.273. The summed E-state index contributed by atoms with van der Waals surface area (Å²) in [5.74, 6) is 6.02. The van der Waals surface area contributed by atoms with E-state index in [1.807, 2.05) is 0 Å². The molecule has 0 spiro atoms. The molecule has 72 valence electrons. The quantitative estimate of drug-likeness (QED) is 0.645. The third-order valence-corrected chi connectivity index (χ3v) is 2.45. The molecule has 1 aromatic rings. The maximum absolute atomic E-state index is 12.8. The van der Waals surface area contributed by atoms with Gasteiger partial charge in [-0.05, 0) is 18.2 Å². The lowest BCUT2D eigenvalue weighted by atomic mass is 10.0. The second-order valence-corrected chi connectivity index (χ2v) is 3.66. The minimum absolute atomic E-state index is 0.301. The van der Waals surface area contributed by atoms with Crippen molar-refractivity contribution in [2.75, 3.05) is 13.1 Å². The molecule has 1 saturated heterocycles. The minimum atomic E-state index is -0.301. The predicted octanol–water partition coefficient (Wildman–Crippen LogP) is 2.05. The van der Waals surface area contributed by atoms with Crippen molar-refractivity contribution >= 4 is 11.6 Å². The Kier molecular flexibility index (Phi) is 2.72. The number of rotatable bonds is 0. The van der Waals surface area contributed by atoms with Gasteiger partial charge < -0.3 is 5.32 Å². The van der Waals surface area contributed by atoms with E-state index in [1.165, 1.54) is 18.2 Å². The van der Waals surface area contributed by atoms with Gasteiger partial charge in [-0.3, -0.25) is 0 Å². The van der Waals surface area contributed by atoms with Gasteiger partial charge in [-0.1, -0.05) is 23.4 Å². The largest absolute Gasteiger partial charge is 0.314 e. The summed E-state index contributed by atoms with van der Waals surface area (Å²) in [4.78, 5) is 0. The van der Waals surface area contributed by atoms with Crippen molar-refractivity contribution in [3.8, 4) is 11.8 Å². The third kappa shape index (κ3) is 2.06. The van der Waals surface area contributed by atoms with Crippen molar-refractivity contribution < 1.29 is 4.39 Å². The van der Waals surface area contributed by atoms with Crippen LogP contribution in [-0.2, 0) is 0 Å². The van der Waals surface area contributed by atoms with Gasteiger partial charge in [0, 0.05) is 24.6 Å². The average Bonchev–Trinajstić information content (AvgIpc) is 2.08. The van der Waals surface area contributed by atoms with E-state index in [4.69, 9.17) is 11.6 Å². The Labute approximate surface area is 87.3 Å². The molecule has 0 saturated carbocycles. The lowest BCUT2D eigenvalue weighted by molar-refractivity contribution is 0.432. The molecule has 0 atom stereocenters. The van der Waals surface area contributed by atoms with Crippen LogP contribution in [0.5, 0.6) is 0 Å². The van der Waals surface area contributed by atoms with Crippen molar-refractivity contribution in [2.24, 2.45) is 5.92 Å². The van der Waals surface area contributed by atoms with Crippen molar-refractivity contribution in [1.82, 2.24) is 5.32 Å². The van der Waals surface area contributed by atoms with Crippen LogP contribution in [0.1, 0.15) is 5.56 Å². The Hall–Kier alpha value is -1.04. The van der Waals surface area contributed by atoms with E-state index in [0.717, 1.165) is 13.1 Å². The first-order chi connectivity index (χ1) is 6.75. The first-order valence-electron chi connectivity index (χ1n) is 4.43. The van der Waals surface area contributed by atoms with Crippen LogP contribution in [0.15, 0.2) is 18.2 Å². The van der Waals surface area contributed by atoms with Crippen LogP contribution in [0.3, 0.4) is 0 Å². The predicted molar refractivity (Wildman–Crippen MR) is 54.6 cm³/mol. The number of benzene rings is 1. The zero-order valence-corrected chi connectivity index (χ0v) is 8.24. The minimum Gasteiger partial charge on any atom is -0.314 e. The topological polar surface area (TPSA) is 12.0 Å². The van der Waals surface area contributed by atoms with E-state index < -0.39 is 0 Å². The van der Waals surface area contributed by atoms with Crippen LogP contribution in [0, 0.1) is 23.6 Å². The summed E-state index contributed by atoms with van der Waals surface area (Å²) in [6.45, 7) is 1.83. The van der Waals surface area contributed by atoms with Gasteiger partial charge in [-0.25, -0.2) is 4.39 Å². The molecular weight excluding hydrogens is 201 g/mol. The number of hydrogen-bond donors (Lipinski definition) is 1. The van der Waals surface area contributed by atoms with Crippen LogP contribution in [0.4, 0.5) is 4.39 Å². The van der Waals surface area contributed by atoms with E-state index in [0.29, 0.717) is 16.5 Å². The fourth-order valence-corrected chi connectivity index (χ4v) is 1.33. The molecule has 0 aromatic heterocycles. The molecule has 1 nitrogen and oxygen atoms in total. The van der Waals surface area contributed by atoms with Gasteiger partial charge in [0.1, 0.15) is 5.82 Å². The molecule has 0 bridgehead atoms. The molecule has 1 aliphatic rings. The maximum Gasteiger partial charge on any atom is 0.124 e. The van der Waals surface area contributed by atoms with Crippen LogP contribution in [-0.4, -0.2) is 13.1 Å². The van der Waals surface area contributed by atoms with Crippen LogP contribution < -0.4 is 5.32 Å². The van der Waals surface area contributed by atoms with Crippen LogP contribution >= 0.6 is 11.6 Å². The van der Waals surface area contributed by atoms with Crippen molar-refractivity contribution in [3.63, 3.8) is 0 Å². The summed E-state index contributed by atoms with van der Waals surface area (Å²) in [6, 6.07) is 4.22. The molecular formula is C11H9ClFN. The van der Waals surface area contributed by atoms with E-state index in [1.54, 1.807) is 0 Å². The Balaban J connectivity index is 2.20. The summed E-state index contributed by atoms with van der Waals surface area (Å²) in [7, 11) is 0. The highest BCUT2D eigenvalue weighted by Crippen LogP contribution is 2.16. The van der Waals surface area contributed by atoms with E-state index in [9.17, 15) is 4.39 Å². The summed E-state index contributed by atoms with van der Waals surface area (Å²) in [5, 5.41) is 3.62. The van der Waals surface area contributed by atoms with Crippen molar-refractivity contribution in [3.05, 3.63) is 34.6 Å². The zero-order chi connectivity index (χ0) is 9.97. The Morgan fingerprint density at radius 1 is 1.43 bits per heavy atom. The van der Waals surface area contributed by atoms with Gasteiger partial charge in [0.05, 0.1) is 5.02 Å². The van der Waals surface area contributed by atoms with Gasteiger partial charge >= 0.3 is 0 Å². The molecule has 1 aliphatic heterocycles. The molecule has 1 fully saturated rings. The average molecular weight is 210 g/mol. The second kappa shape index (κ2) is 4.00. The fourth-order valence-electron chi connectivity index (χ4n) is 1.16. The molecule has 0 aliphatic carbocycles. The van der Waals surface area contributed by atoms with E-state index in [2.05, 4.69) is 17.2 Å². The molecule has 0 amide bonds. The monoisotopic (exact) mass is 209 g/mol. The molecule has 1 N–H and O–H groups in total. The Morgan fingerprint density at radius 3 is 2.86 bits per heavy atom. The van der Waals surface area contributed by atoms with Gasteiger partial charge in [0.2, 0.25) is 0 Å². The van der Waals surface area contributed by atoms with Crippen molar-refractivity contribution in [1.29, 1.82) is 0 Å². The summed E-state index contributed by atoms with van der Waals surface area (Å²) in [6.07, 6.45) is 0. The Morgan fingerprint density at radius 2 is 2.21 bits per heavy atom. The third-order valence-electron chi connectivity index (χ3n) is 2.12. The first kappa shape index (κ1) is 9.51.